The van der Waals surface area contributed by atoms with Gasteiger partial charge in [0, 0.05) is 24.9 Å². The van der Waals surface area contributed by atoms with Crippen LogP contribution in [0.25, 0.3) is 0 Å². The van der Waals surface area contributed by atoms with Crippen LogP contribution in [0.2, 0.25) is 0 Å². The molecule has 0 aromatic heterocycles. The van der Waals surface area contributed by atoms with Crippen molar-refractivity contribution in [3.8, 4) is 0 Å². The van der Waals surface area contributed by atoms with Crippen molar-refractivity contribution in [2.75, 3.05) is 19.6 Å². The Morgan fingerprint density at radius 3 is 2.23 bits per heavy atom. The Kier molecular flexibility index (Phi) is 6.10. The van der Waals surface area contributed by atoms with E-state index >= 15 is 0 Å². The van der Waals surface area contributed by atoms with Gasteiger partial charge >= 0.3 is 0 Å². The van der Waals surface area contributed by atoms with Crippen LogP contribution in [0.1, 0.15) is 30.9 Å². The summed E-state index contributed by atoms with van der Waals surface area (Å²) >= 11 is 0. The highest BCUT2D eigenvalue weighted by atomic mass is 16.2. The van der Waals surface area contributed by atoms with E-state index < -0.39 is 0 Å². The summed E-state index contributed by atoms with van der Waals surface area (Å²) in [6, 6.07) is 20.8. The van der Waals surface area contributed by atoms with E-state index in [4.69, 9.17) is 5.73 Å². The molecule has 0 spiro atoms. The quantitative estimate of drug-likeness (QED) is 0.863. The highest BCUT2D eigenvalue weighted by molar-refractivity contribution is 5.80. The number of benzene rings is 2. The number of carbonyl (C=O) groups is 1. The lowest BCUT2D eigenvalue weighted by atomic mass is 9.88. The molecule has 0 bridgehead atoms. The Labute approximate surface area is 157 Å². The fourth-order valence-electron chi connectivity index (χ4n) is 4.08. The van der Waals surface area contributed by atoms with Crippen LogP contribution in [0.15, 0.2) is 60.7 Å². The van der Waals surface area contributed by atoms with Crippen molar-refractivity contribution < 1.29 is 4.79 Å². The van der Waals surface area contributed by atoms with Crippen molar-refractivity contribution in [2.24, 2.45) is 23.5 Å². The maximum atomic E-state index is 13.3. The van der Waals surface area contributed by atoms with E-state index in [1.807, 2.05) is 24.3 Å². The first-order valence-electron chi connectivity index (χ1n) is 9.68. The van der Waals surface area contributed by atoms with E-state index in [9.17, 15) is 4.79 Å². The summed E-state index contributed by atoms with van der Waals surface area (Å²) in [4.78, 5) is 15.4. The monoisotopic (exact) mass is 350 g/mol. The zero-order chi connectivity index (χ0) is 18.5. The van der Waals surface area contributed by atoms with E-state index in [1.165, 1.54) is 11.1 Å². The molecule has 3 nitrogen and oxygen atoms in total. The summed E-state index contributed by atoms with van der Waals surface area (Å²) in [5.41, 5.74) is 8.57. The first kappa shape index (κ1) is 18.7. The third-order valence-corrected chi connectivity index (χ3v) is 5.70. The molecule has 1 saturated heterocycles. The Bertz CT molecular complexity index is 699. The lowest BCUT2D eigenvalue weighted by Gasteiger charge is -2.26. The van der Waals surface area contributed by atoms with Gasteiger partial charge in [0.2, 0.25) is 5.91 Å². The maximum Gasteiger partial charge on any atom is 0.226 e. The third kappa shape index (κ3) is 4.16. The minimum Gasteiger partial charge on any atom is -0.341 e. The van der Waals surface area contributed by atoms with Crippen molar-refractivity contribution in [3.63, 3.8) is 0 Å². The summed E-state index contributed by atoms with van der Waals surface area (Å²) in [7, 11) is 0. The highest BCUT2D eigenvalue weighted by Gasteiger charge is 2.38. The number of rotatable bonds is 6. The molecule has 2 aromatic carbocycles. The van der Waals surface area contributed by atoms with Crippen LogP contribution in [0.3, 0.4) is 0 Å². The summed E-state index contributed by atoms with van der Waals surface area (Å²) in [6.45, 7) is 6.47. The van der Waals surface area contributed by atoms with Crippen LogP contribution in [0.5, 0.6) is 0 Å². The lowest BCUT2D eigenvalue weighted by molar-refractivity contribution is -0.136. The molecular formula is C23H30N2O. The Morgan fingerprint density at radius 2 is 1.65 bits per heavy atom. The fourth-order valence-corrected chi connectivity index (χ4v) is 4.08. The molecule has 1 heterocycles. The van der Waals surface area contributed by atoms with E-state index in [1.54, 1.807) is 0 Å². The summed E-state index contributed by atoms with van der Waals surface area (Å²) in [5, 5.41) is 0. The van der Waals surface area contributed by atoms with Crippen LogP contribution in [0, 0.1) is 17.8 Å². The van der Waals surface area contributed by atoms with Gasteiger partial charge in [-0.05, 0) is 35.9 Å². The van der Waals surface area contributed by atoms with Crippen molar-refractivity contribution >= 4 is 5.91 Å². The fraction of sp³-hybridized carbons (Fsp3) is 0.435. The standard InChI is InChI=1S/C23H30N2O/c1-17(2)21(13-18-9-5-3-6-10-18)23(26)25-15-20(14-24)22(16-25)19-11-7-4-8-12-19/h3-12,17,20-22H,13-16,24H2,1-2H3/t20-,21?,22+/m1/s1. The van der Waals surface area contributed by atoms with Crippen LogP contribution in [0.4, 0.5) is 0 Å². The molecule has 0 radical (unpaired) electrons. The van der Waals surface area contributed by atoms with Gasteiger partial charge in [-0.25, -0.2) is 0 Å². The molecule has 26 heavy (non-hydrogen) atoms. The van der Waals surface area contributed by atoms with Gasteiger partial charge in [0.1, 0.15) is 0 Å². The van der Waals surface area contributed by atoms with Gasteiger partial charge in [0.05, 0.1) is 0 Å². The number of likely N-dealkylation sites (tertiary alicyclic amines) is 1. The molecule has 3 heteroatoms. The molecule has 1 fully saturated rings. The average molecular weight is 351 g/mol. The molecule has 3 atom stereocenters. The van der Waals surface area contributed by atoms with Crippen LogP contribution in [-0.4, -0.2) is 30.4 Å². The Balaban J connectivity index is 1.75. The predicted octanol–water partition coefficient (Wildman–Crippen LogP) is 3.70. The smallest absolute Gasteiger partial charge is 0.226 e. The molecule has 1 amide bonds. The van der Waals surface area contributed by atoms with Crippen LogP contribution in [-0.2, 0) is 11.2 Å². The zero-order valence-corrected chi connectivity index (χ0v) is 15.8. The van der Waals surface area contributed by atoms with Crippen molar-refractivity contribution in [1.82, 2.24) is 4.90 Å². The Morgan fingerprint density at radius 1 is 1.04 bits per heavy atom. The molecule has 2 aromatic rings. The van der Waals surface area contributed by atoms with Gasteiger partial charge in [-0.2, -0.15) is 0 Å². The van der Waals surface area contributed by atoms with Gasteiger partial charge in [-0.1, -0.05) is 74.5 Å². The maximum absolute atomic E-state index is 13.3. The normalized spacial score (nSPS) is 21.2. The van der Waals surface area contributed by atoms with E-state index in [-0.39, 0.29) is 11.8 Å². The summed E-state index contributed by atoms with van der Waals surface area (Å²) in [5.74, 6) is 1.29. The first-order valence-corrected chi connectivity index (χ1v) is 9.68. The molecule has 1 aliphatic heterocycles. The third-order valence-electron chi connectivity index (χ3n) is 5.70. The van der Waals surface area contributed by atoms with E-state index in [2.05, 4.69) is 55.1 Å². The summed E-state index contributed by atoms with van der Waals surface area (Å²) in [6.07, 6.45) is 0.803. The Hall–Kier alpha value is -2.13. The molecule has 1 unspecified atom stereocenters. The van der Waals surface area contributed by atoms with Crippen molar-refractivity contribution in [2.45, 2.75) is 26.2 Å². The van der Waals surface area contributed by atoms with Crippen LogP contribution < -0.4 is 5.73 Å². The number of hydrogen-bond acceptors (Lipinski definition) is 2. The second kappa shape index (κ2) is 8.50. The molecular weight excluding hydrogens is 320 g/mol. The predicted molar refractivity (Wildman–Crippen MR) is 107 cm³/mol. The molecule has 0 aliphatic carbocycles. The van der Waals surface area contributed by atoms with Gasteiger partial charge in [0.25, 0.3) is 0 Å². The minimum absolute atomic E-state index is 0.0188. The van der Waals surface area contributed by atoms with Gasteiger partial charge < -0.3 is 10.6 Å². The average Bonchev–Trinajstić information content (AvgIpc) is 3.11. The molecule has 2 N–H and O–H groups in total. The van der Waals surface area contributed by atoms with Crippen molar-refractivity contribution in [3.05, 3.63) is 71.8 Å². The van der Waals surface area contributed by atoms with Crippen molar-refractivity contribution in [1.29, 1.82) is 0 Å². The SMILES string of the molecule is CC(C)C(Cc1ccccc1)C(=O)N1C[C@@H](CN)[C@H](c2ccccc2)C1. The molecule has 1 aliphatic rings. The first-order chi connectivity index (χ1) is 12.6. The topological polar surface area (TPSA) is 46.3 Å². The van der Waals surface area contributed by atoms with Gasteiger partial charge in [-0.15, -0.1) is 0 Å². The number of carbonyl (C=O) groups excluding carboxylic acids is 1. The van der Waals surface area contributed by atoms with Gasteiger partial charge in [0.15, 0.2) is 0 Å². The van der Waals surface area contributed by atoms with Crippen LogP contribution >= 0.6 is 0 Å². The van der Waals surface area contributed by atoms with E-state index in [0.717, 1.165) is 19.5 Å². The number of hydrogen-bond donors (Lipinski definition) is 1. The molecule has 138 valence electrons. The molecule has 0 saturated carbocycles. The second-order valence-corrected chi connectivity index (χ2v) is 7.80. The second-order valence-electron chi connectivity index (χ2n) is 7.80. The van der Waals surface area contributed by atoms with E-state index in [0.29, 0.717) is 24.3 Å². The van der Waals surface area contributed by atoms with Gasteiger partial charge in [-0.3, -0.25) is 4.79 Å². The number of amides is 1. The lowest BCUT2D eigenvalue weighted by Crippen LogP contribution is -2.38. The molecule has 3 rings (SSSR count). The number of nitrogens with zero attached hydrogens (tertiary/aromatic N) is 1. The highest BCUT2D eigenvalue weighted by Crippen LogP contribution is 2.34. The minimum atomic E-state index is 0.0188. The summed E-state index contributed by atoms with van der Waals surface area (Å²) < 4.78 is 0. The zero-order valence-electron chi connectivity index (χ0n) is 15.8. The largest absolute Gasteiger partial charge is 0.341 e. The number of nitrogens with two attached hydrogens (primary N) is 1.